The zero-order chi connectivity index (χ0) is 19.2. The predicted octanol–water partition coefficient (Wildman–Crippen LogP) is 3.22. The minimum absolute atomic E-state index is 0.0466. The number of aromatic nitrogens is 1. The molecule has 1 heterocycles. The molecule has 140 valence electrons. The monoisotopic (exact) mass is 366 g/mol. The van der Waals surface area contributed by atoms with Crippen molar-refractivity contribution < 1.29 is 18.8 Å². The van der Waals surface area contributed by atoms with Gasteiger partial charge in [-0.2, -0.15) is 0 Å². The second-order valence-corrected chi connectivity index (χ2v) is 6.49. The fourth-order valence-electron chi connectivity index (χ4n) is 2.79. The molecule has 6 nitrogen and oxygen atoms in total. The van der Waals surface area contributed by atoms with E-state index in [0.29, 0.717) is 17.8 Å². The van der Waals surface area contributed by atoms with Crippen molar-refractivity contribution in [1.29, 1.82) is 0 Å². The Labute approximate surface area is 157 Å². The van der Waals surface area contributed by atoms with Crippen LogP contribution in [0.1, 0.15) is 31.0 Å². The molecular formula is C21H22N2O4. The Kier molecular flexibility index (Phi) is 5.86. The smallest absolute Gasteiger partial charge is 0.312 e. The molecule has 2 atom stereocenters. The van der Waals surface area contributed by atoms with E-state index in [-0.39, 0.29) is 18.2 Å². The molecule has 0 radical (unpaired) electrons. The summed E-state index contributed by atoms with van der Waals surface area (Å²) in [4.78, 5) is 24.4. The van der Waals surface area contributed by atoms with Gasteiger partial charge in [-0.25, -0.2) is 0 Å². The summed E-state index contributed by atoms with van der Waals surface area (Å²) in [5.41, 5.74) is 2.25. The zero-order valence-electron chi connectivity index (χ0n) is 15.3. The van der Waals surface area contributed by atoms with Crippen molar-refractivity contribution in [3.05, 3.63) is 65.9 Å². The largest absolute Gasteiger partial charge is 0.452 e. The molecule has 27 heavy (non-hydrogen) atoms. The fraction of sp³-hybridized carbons (Fsp3) is 0.286. The summed E-state index contributed by atoms with van der Waals surface area (Å²) < 4.78 is 10.4. The van der Waals surface area contributed by atoms with Crippen LogP contribution in [-0.4, -0.2) is 29.7 Å². The predicted molar refractivity (Wildman–Crippen MR) is 101 cm³/mol. The van der Waals surface area contributed by atoms with Gasteiger partial charge in [-0.1, -0.05) is 54.5 Å². The van der Waals surface area contributed by atoms with Crippen molar-refractivity contribution in [3.8, 4) is 0 Å². The molecule has 6 heteroatoms. The van der Waals surface area contributed by atoms with Crippen molar-refractivity contribution in [1.82, 2.24) is 10.5 Å². The van der Waals surface area contributed by atoms with Crippen LogP contribution in [0.3, 0.4) is 0 Å². The molecule has 0 saturated heterocycles. The standard InChI is InChI=1S/C21H22N2O4/c1-14(16-8-4-3-5-9-16)13-22-21(25)15(2)26-20(24)12-18-17-10-6-7-11-19(17)27-23-18/h3-11,14-15H,12-13H2,1-2H3,(H,22,25)/t14-,15-/m1/s1. The molecule has 3 rings (SSSR count). The molecule has 0 unspecified atom stereocenters. The van der Waals surface area contributed by atoms with E-state index in [2.05, 4.69) is 10.5 Å². The van der Waals surface area contributed by atoms with Gasteiger partial charge in [-0.05, 0) is 30.5 Å². The number of carbonyl (C=O) groups excluding carboxylic acids is 2. The second-order valence-electron chi connectivity index (χ2n) is 6.49. The average molecular weight is 366 g/mol. The highest BCUT2D eigenvalue weighted by molar-refractivity contribution is 5.86. The van der Waals surface area contributed by atoms with Crippen molar-refractivity contribution >= 4 is 22.8 Å². The van der Waals surface area contributed by atoms with Crippen LogP contribution in [0.15, 0.2) is 59.1 Å². The van der Waals surface area contributed by atoms with E-state index in [9.17, 15) is 9.59 Å². The number of hydrogen-bond acceptors (Lipinski definition) is 5. The van der Waals surface area contributed by atoms with Crippen LogP contribution in [0.2, 0.25) is 0 Å². The molecule has 0 spiro atoms. The molecule has 0 aliphatic rings. The summed E-state index contributed by atoms with van der Waals surface area (Å²) in [5.74, 6) is -0.677. The number of nitrogens with zero attached hydrogens (tertiary/aromatic N) is 1. The summed E-state index contributed by atoms with van der Waals surface area (Å²) in [7, 11) is 0. The number of fused-ring (bicyclic) bond motifs is 1. The Balaban J connectivity index is 1.49. The lowest BCUT2D eigenvalue weighted by Crippen LogP contribution is -2.37. The average Bonchev–Trinajstić information content (AvgIpc) is 3.09. The second kappa shape index (κ2) is 8.49. The highest BCUT2D eigenvalue weighted by Crippen LogP contribution is 2.18. The lowest BCUT2D eigenvalue weighted by atomic mass is 10.0. The summed E-state index contributed by atoms with van der Waals surface area (Å²) in [6.07, 6.45) is -0.923. The van der Waals surface area contributed by atoms with Crippen LogP contribution in [0.4, 0.5) is 0 Å². The van der Waals surface area contributed by atoms with Gasteiger partial charge in [-0.3, -0.25) is 9.59 Å². The highest BCUT2D eigenvalue weighted by Gasteiger charge is 2.20. The maximum atomic E-state index is 12.2. The Morgan fingerprint density at radius 3 is 2.56 bits per heavy atom. The summed E-state index contributed by atoms with van der Waals surface area (Å²) in [6.45, 7) is 4.06. The molecular weight excluding hydrogens is 344 g/mol. The van der Waals surface area contributed by atoms with E-state index in [1.807, 2.05) is 55.5 Å². The number of esters is 1. The normalized spacial score (nSPS) is 13.1. The van der Waals surface area contributed by atoms with Gasteiger partial charge in [-0.15, -0.1) is 0 Å². The SMILES string of the molecule is C[C@H](CNC(=O)[C@@H](C)OC(=O)Cc1noc2ccccc12)c1ccccc1. The highest BCUT2D eigenvalue weighted by atomic mass is 16.5. The summed E-state index contributed by atoms with van der Waals surface area (Å²) in [5, 5.41) is 7.50. The number of ether oxygens (including phenoxy) is 1. The summed E-state index contributed by atoms with van der Waals surface area (Å²) in [6, 6.07) is 17.2. The molecule has 0 aliphatic carbocycles. The van der Waals surface area contributed by atoms with E-state index >= 15 is 0 Å². The lowest BCUT2D eigenvalue weighted by molar-refractivity contribution is -0.154. The van der Waals surface area contributed by atoms with Crippen LogP contribution in [0.25, 0.3) is 11.0 Å². The molecule has 0 aliphatic heterocycles. The minimum atomic E-state index is -0.876. The number of benzene rings is 2. The van der Waals surface area contributed by atoms with Gasteiger partial charge in [0.05, 0.1) is 6.42 Å². The van der Waals surface area contributed by atoms with Gasteiger partial charge < -0.3 is 14.6 Å². The number of nitrogens with one attached hydrogen (secondary N) is 1. The van der Waals surface area contributed by atoms with Crippen LogP contribution < -0.4 is 5.32 Å². The summed E-state index contributed by atoms with van der Waals surface area (Å²) >= 11 is 0. The molecule has 0 saturated carbocycles. The van der Waals surface area contributed by atoms with Crippen molar-refractivity contribution in [2.24, 2.45) is 0 Å². The topological polar surface area (TPSA) is 81.4 Å². The molecule has 0 fully saturated rings. The Bertz CT molecular complexity index is 920. The molecule has 3 aromatic rings. The third-order valence-corrected chi connectivity index (χ3v) is 4.39. The zero-order valence-corrected chi connectivity index (χ0v) is 15.3. The Hall–Kier alpha value is -3.15. The third-order valence-electron chi connectivity index (χ3n) is 4.39. The maximum absolute atomic E-state index is 12.2. The van der Waals surface area contributed by atoms with E-state index in [1.54, 1.807) is 13.0 Å². The quantitative estimate of drug-likeness (QED) is 0.649. The first-order valence-electron chi connectivity index (χ1n) is 8.90. The number of hydrogen-bond donors (Lipinski definition) is 1. The molecule has 1 N–H and O–H groups in total. The van der Waals surface area contributed by atoms with Gasteiger partial charge >= 0.3 is 5.97 Å². The first-order valence-corrected chi connectivity index (χ1v) is 8.90. The maximum Gasteiger partial charge on any atom is 0.312 e. The molecule has 1 aromatic heterocycles. The van der Waals surface area contributed by atoms with E-state index < -0.39 is 12.1 Å². The van der Waals surface area contributed by atoms with Gasteiger partial charge in [0, 0.05) is 11.9 Å². The minimum Gasteiger partial charge on any atom is -0.452 e. The van der Waals surface area contributed by atoms with Crippen LogP contribution in [-0.2, 0) is 20.7 Å². The molecule has 2 aromatic carbocycles. The van der Waals surface area contributed by atoms with Crippen molar-refractivity contribution in [2.75, 3.05) is 6.54 Å². The van der Waals surface area contributed by atoms with E-state index in [0.717, 1.165) is 10.9 Å². The number of amides is 1. The third kappa shape index (κ3) is 4.73. The van der Waals surface area contributed by atoms with Gasteiger partial charge in [0.1, 0.15) is 5.69 Å². The van der Waals surface area contributed by atoms with E-state index in [1.165, 1.54) is 0 Å². The fourth-order valence-corrected chi connectivity index (χ4v) is 2.79. The first kappa shape index (κ1) is 18.6. The van der Waals surface area contributed by atoms with Gasteiger partial charge in [0.2, 0.25) is 0 Å². The Morgan fingerprint density at radius 2 is 1.78 bits per heavy atom. The van der Waals surface area contributed by atoms with Crippen LogP contribution >= 0.6 is 0 Å². The van der Waals surface area contributed by atoms with Gasteiger partial charge in [0.15, 0.2) is 11.7 Å². The molecule has 1 amide bonds. The van der Waals surface area contributed by atoms with Gasteiger partial charge in [0.25, 0.3) is 5.91 Å². The molecule has 0 bridgehead atoms. The lowest BCUT2D eigenvalue weighted by Gasteiger charge is -2.16. The number of para-hydroxylation sites is 1. The number of rotatable bonds is 7. The number of carbonyl (C=O) groups is 2. The Morgan fingerprint density at radius 1 is 1.07 bits per heavy atom. The van der Waals surface area contributed by atoms with Crippen molar-refractivity contribution in [3.63, 3.8) is 0 Å². The first-order chi connectivity index (χ1) is 13.0. The van der Waals surface area contributed by atoms with Crippen LogP contribution in [0.5, 0.6) is 0 Å². The van der Waals surface area contributed by atoms with E-state index in [4.69, 9.17) is 9.26 Å². The van der Waals surface area contributed by atoms with Crippen LogP contribution in [0, 0.1) is 0 Å². The van der Waals surface area contributed by atoms with Crippen molar-refractivity contribution in [2.45, 2.75) is 32.3 Å².